The molecule has 1 aliphatic rings. The highest BCUT2D eigenvalue weighted by Crippen LogP contribution is 2.45. The molecule has 2 nitrogen and oxygen atoms in total. The summed E-state index contributed by atoms with van der Waals surface area (Å²) in [6.07, 6.45) is 5.69. The number of rotatable bonds is 8. The molecule has 3 rings (SSSR count). The van der Waals surface area contributed by atoms with Crippen LogP contribution in [0.5, 0.6) is 0 Å². The third-order valence-corrected chi connectivity index (χ3v) is 16.1. The molecule has 1 aliphatic carbocycles. The van der Waals surface area contributed by atoms with E-state index in [9.17, 15) is 4.80 Å². The first kappa shape index (κ1) is 25.2. The number of hydrogen-bond donors (Lipinski definition) is 1. The van der Waals surface area contributed by atoms with Crippen LogP contribution in [0.3, 0.4) is 0 Å². The van der Waals surface area contributed by atoms with Gasteiger partial charge in [0, 0.05) is 0 Å². The fourth-order valence-corrected chi connectivity index (χ4v) is 10.4. The van der Waals surface area contributed by atoms with Gasteiger partial charge in [0.2, 0.25) is 0 Å². The second-order valence-electron chi connectivity index (χ2n) is 11.8. The predicted molar refractivity (Wildman–Crippen MR) is 143 cm³/mol. The van der Waals surface area contributed by atoms with Crippen LogP contribution < -0.4 is 10.4 Å². The van der Waals surface area contributed by atoms with Crippen LogP contribution in [-0.4, -0.2) is 28.0 Å². The topological polar surface area (TPSA) is 29.5 Å². The summed E-state index contributed by atoms with van der Waals surface area (Å²) in [4.78, 5) is 10.7. The molecule has 0 spiro atoms. The van der Waals surface area contributed by atoms with E-state index in [0.29, 0.717) is 12.5 Å². The minimum absolute atomic E-state index is 0.00275. The molecule has 32 heavy (non-hydrogen) atoms. The van der Waals surface area contributed by atoms with E-state index in [4.69, 9.17) is 4.43 Å². The Morgan fingerprint density at radius 2 is 1.38 bits per heavy atom. The molecule has 1 N–H and O–H groups in total. The lowest BCUT2D eigenvalue weighted by Crippen LogP contribution is -2.66. The summed E-state index contributed by atoms with van der Waals surface area (Å²) in [5, 5.41) is 2.70. The van der Waals surface area contributed by atoms with E-state index in [2.05, 4.69) is 114 Å². The summed E-state index contributed by atoms with van der Waals surface area (Å²) in [6.45, 7) is 16.3. The summed E-state index contributed by atoms with van der Waals surface area (Å²) in [7, 11) is -4.67. The zero-order valence-corrected chi connectivity index (χ0v) is 23.1. The smallest absolute Gasteiger partial charge is 0.261 e. The fraction of sp³-hybridized carbons (Fsp3) is 0.500. The maximum atomic E-state index is 10.7. The molecule has 1 unspecified atom stereocenters. The maximum absolute atomic E-state index is 10.7. The van der Waals surface area contributed by atoms with Gasteiger partial charge < -0.3 is 9.22 Å². The lowest BCUT2D eigenvalue weighted by molar-refractivity contribution is 0.319. The molecule has 0 bridgehead atoms. The Kier molecular flexibility index (Phi) is 7.40. The highest BCUT2D eigenvalue weighted by Gasteiger charge is 2.50. The summed E-state index contributed by atoms with van der Waals surface area (Å²) in [5.74, 6) is 0.613. The number of allylic oxidation sites excluding steroid dienone is 1. The second kappa shape index (κ2) is 9.42. The molecule has 174 valence electrons. The summed E-state index contributed by atoms with van der Waals surface area (Å²) >= 11 is 0. The molecular formula is C28H42O2Si2. The maximum Gasteiger partial charge on any atom is 0.261 e. The second-order valence-corrected chi connectivity index (χ2v) is 20.5. The van der Waals surface area contributed by atoms with Crippen LogP contribution in [0.1, 0.15) is 53.9 Å². The molecule has 0 fully saturated rings. The molecule has 0 saturated carbocycles. The number of hydrogen-bond acceptors (Lipinski definition) is 2. The van der Waals surface area contributed by atoms with Crippen molar-refractivity contribution in [2.24, 2.45) is 5.92 Å². The third-order valence-electron chi connectivity index (χ3n) is 7.64. The Hall–Kier alpha value is -1.47. The third kappa shape index (κ3) is 5.19. The SMILES string of the molecule is CC(C)(CC1CC=C(CO[Si](c2ccccc2)(c2ccccc2)C(C)(C)C)C1)[Si](C)(C)O. The molecule has 0 aromatic heterocycles. The van der Waals surface area contributed by atoms with Gasteiger partial charge >= 0.3 is 0 Å². The zero-order chi connectivity index (χ0) is 23.6. The highest BCUT2D eigenvalue weighted by molar-refractivity contribution is 6.99. The average molecular weight is 467 g/mol. The Morgan fingerprint density at radius 1 is 0.875 bits per heavy atom. The highest BCUT2D eigenvalue weighted by atomic mass is 28.4. The van der Waals surface area contributed by atoms with E-state index in [1.807, 2.05) is 0 Å². The van der Waals surface area contributed by atoms with Gasteiger partial charge in [-0.3, -0.25) is 0 Å². The van der Waals surface area contributed by atoms with Crippen LogP contribution in [0.15, 0.2) is 72.3 Å². The molecule has 0 amide bonds. The molecule has 4 heteroatoms. The van der Waals surface area contributed by atoms with E-state index < -0.39 is 16.6 Å². The van der Waals surface area contributed by atoms with Crippen molar-refractivity contribution in [1.82, 2.24) is 0 Å². The Morgan fingerprint density at radius 3 is 1.81 bits per heavy atom. The van der Waals surface area contributed by atoms with E-state index in [1.54, 1.807) is 0 Å². The largest absolute Gasteiger partial charge is 0.432 e. The summed E-state index contributed by atoms with van der Waals surface area (Å²) in [5.41, 5.74) is 1.43. The van der Waals surface area contributed by atoms with Gasteiger partial charge in [-0.05, 0) is 64.3 Å². The van der Waals surface area contributed by atoms with Gasteiger partial charge in [0.1, 0.15) is 0 Å². The Balaban J connectivity index is 1.84. The van der Waals surface area contributed by atoms with E-state index in [1.165, 1.54) is 15.9 Å². The zero-order valence-electron chi connectivity index (χ0n) is 21.1. The summed E-state index contributed by atoms with van der Waals surface area (Å²) < 4.78 is 7.13. The van der Waals surface area contributed by atoms with Gasteiger partial charge in [0.05, 0.1) is 6.61 Å². The summed E-state index contributed by atoms with van der Waals surface area (Å²) in [6, 6.07) is 21.8. The Bertz CT molecular complexity index is 866. The van der Waals surface area contributed by atoms with E-state index in [-0.39, 0.29) is 10.1 Å². The van der Waals surface area contributed by atoms with Crippen molar-refractivity contribution in [2.45, 2.75) is 77.1 Å². The van der Waals surface area contributed by atoms with Gasteiger partial charge in [-0.15, -0.1) is 0 Å². The van der Waals surface area contributed by atoms with Crippen molar-refractivity contribution in [3.05, 3.63) is 72.3 Å². The van der Waals surface area contributed by atoms with Gasteiger partial charge in [0.15, 0.2) is 8.32 Å². The van der Waals surface area contributed by atoms with Crippen molar-refractivity contribution < 1.29 is 9.22 Å². The van der Waals surface area contributed by atoms with Crippen LogP contribution in [0.25, 0.3) is 0 Å². The predicted octanol–water partition coefficient (Wildman–Crippen LogP) is 6.27. The van der Waals surface area contributed by atoms with Gasteiger partial charge in [-0.1, -0.05) is 101 Å². The van der Waals surface area contributed by atoms with E-state index >= 15 is 0 Å². The average Bonchev–Trinajstić information content (AvgIpc) is 3.15. The standard InChI is InChI=1S/C28H42O2Si2/c1-27(2,3)32(25-14-10-8-11-15-25,26-16-12-9-13-17-26)30-22-24-19-18-23(20-24)21-28(4,5)31(6,7)29/h8-17,19,23,29H,18,20-22H2,1-7H3. The first-order chi connectivity index (χ1) is 14.9. The molecular weight excluding hydrogens is 424 g/mol. The Labute approximate surface area is 198 Å². The molecule has 0 heterocycles. The van der Waals surface area contributed by atoms with Crippen LogP contribution in [0, 0.1) is 5.92 Å². The minimum Gasteiger partial charge on any atom is -0.432 e. The minimum atomic E-state index is -2.49. The van der Waals surface area contributed by atoms with Crippen molar-refractivity contribution >= 4 is 27.0 Å². The monoisotopic (exact) mass is 466 g/mol. The quantitative estimate of drug-likeness (QED) is 0.367. The fourth-order valence-electron chi connectivity index (χ4n) is 5.08. The molecule has 0 radical (unpaired) electrons. The van der Waals surface area contributed by atoms with Crippen LogP contribution in [0.4, 0.5) is 0 Å². The van der Waals surface area contributed by atoms with Crippen LogP contribution in [0.2, 0.25) is 23.2 Å². The first-order valence-electron chi connectivity index (χ1n) is 12.0. The molecule has 1 atom stereocenters. The normalized spacial score (nSPS) is 18.0. The lowest BCUT2D eigenvalue weighted by Gasteiger charge is -2.43. The molecule has 2 aromatic rings. The van der Waals surface area contributed by atoms with Crippen molar-refractivity contribution in [1.29, 1.82) is 0 Å². The number of benzene rings is 2. The van der Waals surface area contributed by atoms with Crippen molar-refractivity contribution in [3.8, 4) is 0 Å². The first-order valence-corrected chi connectivity index (χ1v) is 16.9. The molecule has 2 aromatic carbocycles. The van der Waals surface area contributed by atoms with Crippen LogP contribution in [-0.2, 0) is 4.43 Å². The molecule has 0 aliphatic heterocycles. The van der Waals surface area contributed by atoms with Crippen molar-refractivity contribution in [2.75, 3.05) is 6.61 Å². The lowest BCUT2D eigenvalue weighted by atomic mass is 9.93. The van der Waals surface area contributed by atoms with Gasteiger partial charge in [0.25, 0.3) is 8.32 Å². The van der Waals surface area contributed by atoms with Crippen LogP contribution >= 0.6 is 0 Å². The molecule has 0 saturated heterocycles. The van der Waals surface area contributed by atoms with Crippen molar-refractivity contribution in [3.63, 3.8) is 0 Å². The van der Waals surface area contributed by atoms with Gasteiger partial charge in [-0.25, -0.2) is 0 Å². The van der Waals surface area contributed by atoms with Gasteiger partial charge in [-0.2, -0.15) is 0 Å². The van der Waals surface area contributed by atoms with E-state index in [0.717, 1.165) is 19.3 Å².